The number of hydrogen-bond acceptors (Lipinski definition) is 1. The SMILES string of the molecule is [2H]c1c([2H])c([2H])c(C2(c3ccc(-c4c([2H])c([2H])c([2H])c5c4sc4c(-c6ccc(-n7c8ccccc8c8cc(-c9ccccc9)ccc87)cc6)c([2H])c([2H])c([2H])c45)cc3)c3ccccc3-c3ccccc32)c([2H])c1[2H]. The zero-order valence-electron chi connectivity index (χ0n) is 44.5. The molecule has 0 radical (unpaired) electrons. The molecule has 0 spiro atoms. The van der Waals surface area contributed by atoms with Crippen molar-refractivity contribution >= 4 is 53.3 Å². The summed E-state index contributed by atoms with van der Waals surface area (Å²) < 4.78 is 104. The number of thiophene rings is 1. The molecule has 0 fully saturated rings. The fourth-order valence-electron chi connectivity index (χ4n) is 9.98. The maximum Gasteiger partial charge on any atom is 0.0713 e. The molecule has 0 atom stereocenters. The van der Waals surface area contributed by atoms with Gasteiger partial charge in [0.1, 0.15) is 0 Å². The maximum absolute atomic E-state index is 9.42. The second-order valence-electron chi connectivity index (χ2n) is 15.9. The Morgan fingerprint density at radius 3 is 1.59 bits per heavy atom. The molecule has 2 heteroatoms. The summed E-state index contributed by atoms with van der Waals surface area (Å²) in [6, 6.07) is 52.1. The fraction of sp³-hybridized carbons (Fsp3) is 0.0164. The molecule has 0 bridgehead atoms. The van der Waals surface area contributed by atoms with Gasteiger partial charge in [0.25, 0.3) is 0 Å². The molecule has 0 N–H and O–H groups in total. The highest BCUT2D eigenvalue weighted by Crippen LogP contribution is 2.56. The highest BCUT2D eigenvalue weighted by molar-refractivity contribution is 7.26. The second kappa shape index (κ2) is 14.1. The van der Waals surface area contributed by atoms with Crippen molar-refractivity contribution in [1.29, 1.82) is 0 Å². The molecule has 0 saturated heterocycles. The Bertz CT molecular complexity index is 4300. The molecule has 12 aromatic rings. The number of para-hydroxylation sites is 1. The normalized spacial score (nSPS) is 15.3. The Labute approximate surface area is 385 Å². The van der Waals surface area contributed by atoms with E-state index in [0.717, 1.165) is 60.9 Å². The summed E-state index contributed by atoms with van der Waals surface area (Å²) in [5.74, 6) is 0. The lowest BCUT2D eigenvalue weighted by Gasteiger charge is -2.34. The van der Waals surface area contributed by atoms with Crippen LogP contribution in [0.3, 0.4) is 0 Å². The van der Waals surface area contributed by atoms with Crippen molar-refractivity contribution in [2.75, 3.05) is 0 Å². The lowest BCUT2D eigenvalue weighted by molar-refractivity contribution is 0.768. The minimum absolute atomic E-state index is 0.113. The van der Waals surface area contributed by atoms with Crippen molar-refractivity contribution in [2.45, 2.75) is 5.41 Å². The average molecular weight is 829 g/mol. The number of aromatic nitrogens is 1. The molecule has 1 nitrogen and oxygen atoms in total. The van der Waals surface area contributed by atoms with Crippen LogP contribution in [-0.4, -0.2) is 4.57 Å². The van der Waals surface area contributed by atoms with Crippen LogP contribution in [0, 0.1) is 0 Å². The van der Waals surface area contributed by atoms with E-state index in [4.69, 9.17) is 6.85 Å². The molecule has 294 valence electrons. The van der Waals surface area contributed by atoms with Gasteiger partial charge in [0.05, 0.1) is 31.5 Å². The van der Waals surface area contributed by atoms with Crippen LogP contribution < -0.4 is 0 Å². The van der Waals surface area contributed by atoms with Gasteiger partial charge in [-0.05, 0) is 97.1 Å². The second-order valence-corrected chi connectivity index (χ2v) is 16.9. The molecule has 2 heterocycles. The molecule has 2 aromatic heterocycles. The third kappa shape index (κ3) is 5.35. The Morgan fingerprint density at radius 2 is 0.921 bits per heavy atom. The van der Waals surface area contributed by atoms with Gasteiger partial charge in [-0.25, -0.2) is 0 Å². The zero-order chi connectivity index (χ0) is 51.1. The lowest BCUT2D eigenvalue weighted by atomic mass is 9.67. The van der Waals surface area contributed by atoms with Gasteiger partial charge in [0.2, 0.25) is 0 Å². The van der Waals surface area contributed by atoms with Crippen molar-refractivity contribution < 1.29 is 15.1 Å². The van der Waals surface area contributed by atoms with Gasteiger partial charge >= 0.3 is 0 Å². The summed E-state index contributed by atoms with van der Waals surface area (Å²) in [7, 11) is 0. The molecule has 0 saturated carbocycles. The summed E-state index contributed by atoms with van der Waals surface area (Å²) in [6.45, 7) is 0. The Morgan fingerprint density at radius 1 is 0.365 bits per heavy atom. The molecule has 1 aliphatic carbocycles. The Hall–Kier alpha value is -7.78. The zero-order valence-corrected chi connectivity index (χ0v) is 34.3. The van der Waals surface area contributed by atoms with E-state index in [0.29, 0.717) is 37.2 Å². The smallest absolute Gasteiger partial charge is 0.0713 e. The highest BCUT2D eigenvalue weighted by Gasteiger charge is 2.45. The number of fused-ring (bicyclic) bond motifs is 9. The molecule has 13 rings (SSSR count). The summed E-state index contributed by atoms with van der Waals surface area (Å²) in [6.07, 6.45) is 0. The number of rotatable bonds is 6. The monoisotopic (exact) mass is 828 g/mol. The van der Waals surface area contributed by atoms with E-state index < -0.39 is 23.5 Å². The first-order chi connectivity index (χ1) is 35.8. The molecule has 63 heavy (non-hydrogen) atoms. The lowest BCUT2D eigenvalue weighted by Crippen LogP contribution is -2.28. The minimum atomic E-state index is -1.35. The van der Waals surface area contributed by atoms with Crippen molar-refractivity contribution in [3.05, 3.63) is 259 Å². The summed E-state index contributed by atoms with van der Waals surface area (Å²) in [5.41, 5.74) is 9.74. The number of benzene rings is 10. The van der Waals surface area contributed by atoms with E-state index in [1.54, 1.807) is 12.1 Å². The standard InChI is InChI=1S/C61H39NS/c1-3-15-40(16-4-1)43-33-38-58-54(39-43)51-21-9-12-28-57(51)62(58)46-36-31-42(32-37-46)48-23-14-25-53-52-24-13-22-47(59(52)63-60(48)53)41-29-34-45(35-30-41)61(44-17-5-2-6-18-44)55-26-10-7-19-49(55)50-20-8-11-27-56(50)61/h1-39H/i2D,5D,6D,13D,14D,17D,18D,22D,23D,24D,25D. The topological polar surface area (TPSA) is 4.93 Å². The minimum Gasteiger partial charge on any atom is -0.309 e. The van der Waals surface area contributed by atoms with Gasteiger partial charge in [-0.1, -0.05) is 206 Å². The number of nitrogens with zero attached hydrogens (tertiary/aromatic N) is 1. The first-order valence-electron chi connectivity index (χ1n) is 26.4. The molecular formula is C61H39NS. The van der Waals surface area contributed by atoms with Gasteiger partial charge < -0.3 is 4.57 Å². The van der Waals surface area contributed by atoms with Gasteiger partial charge in [-0.15, -0.1) is 11.3 Å². The van der Waals surface area contributed by atoms with Gasteiger partial charge in [-0.2, -0.15) is 0 Å². The molecule has 0 unspecified atom stereocenters. The quantitative estimate of drug-likeness (QED) is 0.157. The van der Waals surface area contributed by atoms with E-state index >= 15 is 0 Å². The van der Waals surface area contributed by atoms with Crippen molar-refractivity contribution in [3.63, 3.8) is 0 Å². The molecular weight excluding hydrogens is 779 g/mol. The summed E-state index contributed by atoms with van der Waals surface area (Å²) in [4.78, 5) is 0. The van der Waals surface area contributed by atoms with Crippen molar-refractivity contribution in [3.8, 4) is 50.2 Å². The average Bonchev–Trinajstić information content (AvgIpc) is 4.14. The van der Waals surface area contributed by atoms with Crippen LogP contribution in [0.25, 0.3) is 92.2 Å². The summed E-state index contributed by atoms with van der Waals surface area (Å²) in [5, 5.41) is 2.75. The van der Waals surface area contributed by atoms with Gasteiger partial charge in [0, 0.05) is 36.6 Å². The first kappa shape index (κ1) is 26.5. The van der Waals surface area contributed by atoms with Gasteiger partial charge in [0.15, 0.2) is 0 Å². The van der Waals surface area contributed by atoms with Gasteiger partial charge in [-0.3, -0.25) is 0 Å². The molecule has 10 aromatic carbocycles. The Balaban J connectivity index is 0.986. The van der Waals surface area contributed by atoms with Crippen molar-refractivity contribution in [2.24, 2.45) is 0 Å². The van der Waals surface area contributed by atoms with Crippen LogP contribution in [0.1, 0.15) is 37.3 Å². The predicted octanol–water partition coefficient (Wildman–Crippen LogP) is 16.5. The molecule has 0 amide bonds. The van der Waals surface area contributed by atoms with Crippen LogP contribution in [0.4, 0.5) is 0 Å². The van der Waals surface area contributed by atoms with E-state index in [2.05, 4.69) is 47.0 Å². The maximum atomic E-state index is 9.42. The van der Waals surface area contributed by atoms with E-state index in [-0.39, 0.29) is 64.7 Å². The van der Waals surface area contributed by atoms with Crippen molar-refractivity contribution in [1.82, 2.24) is 4.57 Å². The van der Waals surface area contributed by atoms with Crippen LogP contribution in [-0.2, 0) is 5.41 Å². The third-order valence-electron chi connectivity index (χ3n) is 12.7. The number of hydrogen-bond donors (Lipinski definition) is 0. The predicted molar refractivity (Wildman–Crippen MR) is 267 cm³/mol. The fourth-order valence-corrected chi connectivity index (χ4v) is 11.2. The largest absolute Gasteiger partial charge is 0.309 e. The van der Waals surface area contributed by atoms with Crippen LogP contribution in [0.5, 0.6) is 0 Å². The molecule has 1 aliphatic rings. The highest BCUT2D eigenvalue weighted by atomic mass is 32.1. The molecule has 0 aliphatic heterocycles. The van der Waals surface area contributed by atoms with E-state index in [9.17, 15) is 8.22 Å². The van der Waals surface area contributed by atoms with E-state index in [1.165, 1.54) is 11.3 Å². The first-order valence-corrected chi connectivity index (χ1v) is 21.7. The third-order valence-corrected chi connectivity index (χ3v) is 14.0. The van der Waals surface area contributed by atoms with Crippen LogP contribution >= 0.6 is 11.3 Å². The van der Waals surface area contributed by atoms with Crippen LogP contribution in [0.2, 0.25) is 0 Å². The Kier molecular flexibility index (Phi) is 5.95. The van der Waals surface area contributed by atoms with E-state index in [1.807, 2.05) is 115 Å². The van der Waals surface area contributed by atoms with Crippen LogP contribution in [0.15, 0.2) is 236 Å². The summed E-state index contributed by atoms with van der Waals surface area (Å²) >= 11 is 1.24.